The third-order valence-corrected chi connectivity index (χ3v) is 4.19. The molecule has 2 unspecified atom stereocenters. The van der Waals surface area contributed by atoms with Gasteiger partial charge in [0.25, 0.3) is 0 Å². The summed E-state index contributed by atoms with van der Waals surface area (Å²) in [7, 11) is 0. The molecule has 0 amide bonds. The first-order chi connectivity index (χ1) is 12.5. The van der Waals surface area contributed by atoms with Gasteiger partial charge in [0.05, 0.1) is 12.9 Å². The molecule has 0 aromatic carbocycles. The van der Waals surface area contributed by atoms with Gasteiger partial charge in [0, 0.05) is 6.07 Å². The molecule has 4 rings (SSSR count). The summed E-state index contributed by atoms with van der Waals surface area (Å²) in [6.07, 6.45) is -1.83. The van der Waals surface area contributed by atoms with E-state index >= 15 is 0 Å². The van der Waals surface area contributed by atoms with E-state index < -0.39 is 31.1 Å². The fraction of sp³-hybridized carbons (Fsp3) is 0.357. The smallest absolute Gasteiger partial charge is 0.215 e. The second kappa shape index (κ2) is 6.10. The molecule has 138 valence electrons. The molecule has 1 aliphatic heterocycles. The van der Waals surface area contributed by atoms with Crippen LogP contribution in [-0.2, 0) is 4.74 Å². The van der Waals surface area contributed by atoms with E-state index in [2.05, 4.69) is 25.3 Å². The lowest BCUT2D eigenvalue weighted by molar-refractivity contribution is -0.0511. The van der Waals surface area contributed by atoms with E-state index in [4.69, 9.17) is 4.74 Å². The molecule has 0 spiro atoms. The van der Waals surface area contributed by atoms with Crippen LogP contribution in [0, 0.1) is 0 Å². The fourth-order valence-corrected chi connectivity index (χ4v) is 2.89. The van der Waals surface area contributed by atoms with Crippen LogP contribution in [0.2, 0.25) is 0 Å². The van der Waals surface area contributed by atoms with Gasteiger partial charge in [-0.15, -0.1) is 0 Å². The van der Waals surface area contributed by atoms with Gasteiger partial charge in [-0.2, -0.15) is 0 Å². The molecule has 0 bridgehead atoms. The number of nitrogens with one attached hydrogen (secondary N) is 2. The van der Waals surface area contributed by atoms with Gasteiger partial charge < -0.3 is 35.6 Å². The Labute approximate surface area is 145 Å². The molecule has 7 N–H and O–H groups in total. The zero-order chi connectivity index (χ0) is 18.4. The Hall–Kier alpha value is -2.93. The molecule has 3 aromatic rings. The maximum atomic E-state index is 10.2. The van der Waals surface area contributed by atoms with Gasteiger partial charge in [0.2, 0.25) is 5.88 Å². The normalized spacial score (nSPS) is 25.8. The van der Waals surface area contributed by atoms with Crippen LogP contribution >= 0.6 is 0 Å². The zero-order valence-corrected chi connectivity index (χ0v) is 13.2. The van der Waals surface area contributed by atoms with E-state index in [1.807, 2.05) is 0 Å². The highest BCUT2D eigenvalue weighted by molar-refractivity contribution is 5.86. The molecule has 12 nitrogen and oxygen atoms in total. The van der Waals surface area contributed by atoms with Crippen LogP contribution in [0.15, 0.2) is 18.7 Å². The number of imidazole rings is 1. The number of fused-ring (bicyclic) bond motifs is 1. The highest BCUT2D eigenvalue weighted by Gasteiger charge is 2.44. The monoisotopic (exact) mass is 364 g/mol. The molecular formula is C14H16N6O6. The number of ether oxygens (including phenoxy) is 1. The SMILES string of the molecule is OC[C@H]1O[C@@H](n2cnc3c(Nc4cc(O)[nH]c4O)ncnc32)C(O)C1O. The van der Waals surface area contributed by atoms with Crippen molar-refractivity contribution in [2.75, 3.05) is 11.9 Å². The largest absolute Gasteiger partial charge is 0.494 e. The second-order valence-electron chi connectivity index (χ2n) is 5.82. The van der Waals surface area contributed by atoms with Gasteiger partial charge in [-0.1, -0.05) is 0 Å². The van der Waals surface area contributed by atoms with Gasteiger partial charge in [-0.05, 0) is 0 Å². The quantitative estimate of drug-likeness (QED) is 0.301. The minimum atomic E-state index is -1.28. The van der Waals surface area contributed by atoms with E-state index in [1.165, 1.54) is 23.3 Å². The van der Waals surface area contributed by atoms with Crippen LogP contribution < -0.4 is 5.32 Å². The van der Waals surface area contributed by atoms with Crippen LogP contribution in [0.1, 0.15) is 6.23 Å². The first-order valence-corrected chi connectivity index (χ1v) is 7.67. The first kappa shape index (κ1) is 16.5. The van der Waals surface area contributed by atoms with Crippen molar-refractivity contribution in [2.24, 2.45) is 0 Å². The van der Waals surface area contributed by atoms with Crippen molar-refractivity contribution in [3.8, 4) is 11.8 Å². The predicted molar refractivity (Wildman–Crippen MR) is 85.7 cm³/mol. The molecule has 12 heteroatoms. The number of H-pyrrole nitrogens is 1. The summed E-state index contributed by atoms with van der Waals surface area (Å²) >= 11 is 0. The number of hydrogen-bond acceptors (Lipinski definition) is 10. The van der Waals surface area contributed by atoms with E-state index in [0.717, 1.165) is 0 Å². The topological polar surface area (TPSA) is 182 Å². The molecule has 4 atom stereocenters. The Morgan fingerprint density at radius 1 is 1.19 bits per heavy atom. The second-order valence-corrected chi connectivity index (χ2v) is 5.82. The van der Waals surface area contributed by atoms with E-state index in [-0.39, 0.29) is 23.3 Å². The van der Waals surface area contributed by atoms with E-state index in [1.54, 1.807) is 0 Å². The van der Waals surface area contributed by atoms with Gasteiger partial charge in [-0.25, -0.2) is 15.0 Å². The molecule has 0 aliphatic carbocycles. The Bertz CT molecular complexity index is 941. The summed E-state index contributed by atoms with van der Waals surface area (Å²) in [6, 6.07) is 1.27. The lowest BCUT2D eigenvalue weighted by atomic mass is 10.1. The maximum Gasteiger partial charge on any atom is 0.215 e. The van der Waals surface area contributed by atoms with Crippen LogP contribution in [0.3, 0.4) is 0 Å². The third kappa shape index (κ3) is 2.52. The lowest BCUT2D eigenvalue weighted by Gasteiger charge is -2.16. The Kier molecular flexibility index (Phi) is 3.88. The number of aromatic hydroxyl groups is 2. The predicted octanol–water partition coefficient (Wildman–Crippen LogP) is -1.08. The number of aromatic nitrogens is 5. The van der Waals surface area contributed by atoms with Crippen LogP contribution in [0.25, 0.3) is 11.2 Å². The number of rotatable bonds is 4. The van der Waals surface area contributed by atoms with Gasteiger partial charge in [0.15, 0.2) is 29.1 Å². The van der Waals surface area contributed by atoms with Crippen molar-refractivity contribution in [3.05, 3.63) is 18.7 Å². The fourth-order valence-electron chi connectivity index (χ4n) is 2.89. The van der Waals surface area contributed by atoms with Gasteiger partial charge >= 0.3 is 0 Å². The summed E-state index contributed by atoms with van der Waals surface area (Å²) in [5, 5.41) is 51.2. The van der Waals surface area contributed by atoms with Gasteiger partial charge in [-0.3, -0.25) is 9.55 Å². The molecule has 4 heterocycles. The van der Waals surface area contributed by atoms with Crippen molar-refractivity contribution in [3.63, 3.8) is 0 Å². The first-order valence-electron chi connectivity index (χ1n) is 7.67. The Morgan fingerprint density at radius 3 is 2.65 bits per heavy atom. The summed E-state index contributed by atoms with van der Waals surface area (Å²) in [5.74, 6) is -0.265. The average molecular weight is 364 g/mol. The number of hydrogen-bond donors (Lipinski definition) is 7. The van der Waals surface area contributed by atoms with Crippen molar-refractivity contribution in [2.45, 2.75) is 24.5 Å². The molecule has 26 heavy (non-hydrogen) atoms. The third-order valence-electron chi connectivity index (χ3n) is 4.19. The van der Waals surface area contributed by atoms with E-state index in [0.29, 0.717) is 11.2 Å². The number of aliphatic hydroxyl groups is 3. The molecule has 3 aromatic heterocycles. The minimum Gasteiger partial charge on any atom is -0.494 e. The lowest BCUT2D eigenvalue weighted by Crippen LogP contribution is -2.33. The number of nitrogens with zero attached hydrogens (tertiary/aromatic N) is 4. The number of aliphatic hydroxyl groups excluding tert-OH is 3. The summed E-state index contributed by atoms with van der Waals surface area (Å²) in [4.78, 5) is 14.7. The van der Waals surface area contributed by atoms with Crippen molar-refractivity contribution in [1.82, 2.24) is 24.5 Å². The Balaban J connectivity index is 1.71. The Morgan fingerprint density at radius 2 is 2.00 bits per heavy atom. The molecular weight excluding hydrogens is 348 g/mol. The van der Waals surface area contributed by atoms with Crippen LogP contribution in [0.5, 0.6) is 11.8 Å². The molecule has 1 fully saturated rings. The maximum absolute atomic E-state index is 10.2. The van der Waals surface area contributed by atoms with Gasteiger partial charge in [0.1, 0.15) is 30.3 Å². The molecule has 0 saturated carbocycles. The van der Waals surface area contributed by atoms with Crippen LogP contribution in [-0.4, -0.2) is 75.0 Å². The molecule has 0 radical (unpaired) electrons. The molecule has 1 aliphatic rings. The number of aromatic amines is 1. The van der Waals surface area contributed by atoms with Crippen LogP contribution in [0.4, 0.5) is 11.5 Å². The standard InChI is InChI=1S/C14H16N6O6/c21-2-6-9(23)10(24)14(26-6)20-4-17-8-11(15-3-16-12(8)20)18-5-1-7(22)19-13(5)25/h1,3-4,6,9-10,14,19,21-25H,2H2,(H,15,16,18)/t6-,9?,10?,14-/m1/s1. The minimum absolute atomic E-state index is 0.185. The summed E-state index contributed by atoms with van der Waals surface area (Å²) in [6.45, 7) is -0.445. The van der Waals surface area contributed by atoms with Crippen molar-refractivity contribution in [1.29, 1.82) is 0 Å². The zero-order valence-electron chi connectivity index (χ0n) is 13.2. The van der Waals surface area contributed by atoms with Crippen molar-refractivity contribution >= 4 is 22.7 Å². The summed E-state index contributed by atoms with van der Waals surface area (Å²) in [5.41, 5.74) is 0.798. The number of anilines is 2. The highest BCUT2D eigenvalue weighted by atomic mass is 16.6. The van der Waals surface area contributed by atoms with E-state index in [9.17, 15) is 25.5 Å². The summed E-state index contributed by atoms with van der Waals surface area (Å²) < 4.78 is 6.90. The average Bonchev–Trinajstić information content (AvgIpc) is 3.26. The highest BCUT2D eigenvalue weighted by Crippen LogP contribution is 2.34. The molecule has 1 saturated heterocycles. The van der Waals surface area contributed by atoms with Crippen molar-refractivity contribution < 1.29 is 30.3 Å².